The molecule has 8 nitrogen and oxygen atoms in total. The van der Waals surface area contributed by atoms with Crippen molar-refractivity contribution >= 4 is 6.29 Å². The summed E-state index contributed by atoms with van der Waals surface area (Å²) in [5, 5.41) is 4.06. The van der Waals surface area contributed by atoms with Gasteiger partial charge >= 0.3 is 0 Å². The number of ether oxygens (including phenoxy) is 4. The maximum atomic E-state index is 12.5. The van der Waals surface area contributed by atoms with Crippen LogP contribution in [0.5, 0.6) is 0 Å². The Morgan fingerprint density at radius 2 is 1.00 bits per heavy atom. The third-order valence-electron chi connectivity index (χ3n) is 6.62. The van der Waals surface area contributed by atoms with Gasteiger partial charge in [0.1, 0.15) is 12.2 Å². The third-order valence-corrected chi connectivity index (χ3v) is 6.62. The van der Waals surface area contributed by atoms with Crippen LogP contribution >= 0.6 is 0 Å². The van der Waals surface area contributed by atoms with Crippen LogP contribution in [0.4, 0.5) is 0 Å². The molecule has 0 aromatic heterocycles. The van der Waals surface area contributed by atoms with E-state index >= 15 is 0 Å². The molecule has 0 saturated heterocycles. The highest BCUT2D eigenvalue weighted by Crippen LogP contribution is 2.22. The second-order valence-corrected chi connectivity index (χ2v) is 9.69. The number of rotatable bonds is 18. The maximum absolute atomic E-state index is 12.5. The van der Waals surface area contributed by atoms with Crippen molar-refractivity contribution in [3.05, 3.63) is 154 Å². The Kier molecular flexibility index (Phi) is 12.8. The lowest BCUT2D eigenvalue weighted by molar-refractivity contribution is -0.165. The molecule has 0 bridgehead atoms. The summed E-state index contributed by atoms with van der Waals surface area (Å²) in [7, 11) is 0. The van der Waals surface area contributed by atoms with Crippen molar-refractivity contribution in [3.63, 3.8) is 0 Å². The van der Waals surface area contributed by atoms with Gasteiger partial charge in [-0.05, 0) is 27.8 Å². The van der Waals surface area contributed by atoms with Crippen molar-refractivity contribution in [2.45, 2.75) is 50.8 Å². The zero-order valence-electron chi connectivity index (χ0n) is 23.4. The number of hydrogen-bond donors (Lipinski definition) is 0. The molecule has 8 heteroatoms. The van der Waals surface area contributed by atoms with Gasteiger partial charge in [-0.3, -0.25) is 0 Å². The minimum absolute atomic E-state index is 0.0495. The molecular weight excluding hydrogens is 530 g/mol. The van der Waals surface area contributed by atoms with Gasteiger partial charge in [0.15, 0.2) is 6.29 Å². The van der Waals surface area contributed by atoms with E-state index in [1.165, 1.54) is 0 Å². The Balaban J connectivity index is 1.61. The van der Waals surface area contributed by atoms with Crippen LogP contribution in [0, 0.1) is 0 Å². The maximum Gasteiger partial charge on any atom is 0.151 e. The van der Waals surface area contributed by atoms with Crippen molar-refractivity contribution < 1.29 is 23.7 Å². The minimum atomic E-state index is -1.01. The quantitative estimate of drug-likeness (QED) is 0.0569. The van der Waals surface area contributed by atoms with E-state index < -0.39 is 24.4 Å². The van der Waals surface area contributed by atoms with Crippen molar-refractivity contribution in [2.75, 3.05) is 6.61 Å². The fourth-order valence-electron chi connectivity index (χ4n) is 4.45. The molecule has 0 heterocycles. The molecule has 0 amide bonds. The number of carbonyl (C=O) groups is 1. The number of aldehydes is 1. The average Bonchev–Trinajstić information content (AvgIpc) is 3.05. The normalized spacial score (nSPS) is 13.8. The van der Waals surface area contributed by atoms with Crippen molar-refractivity contribution in [2.24, 2.45) is 5.11 Å². The summed E-state index contributed by atoms with van der Waals surface area (Å²) in [6.07, 6.45) is -2.08. The van der Waals surface area contributed by atoms with E-state index in [9.17, 15) is 10.3 Å². The Labute approximate surface area is 246 Å². The second-order valence-electron chi connectivity index (χ2n) is 9.69. The Hall–Kier alpha value is -4.30. The third kappa shape index (κ3) is 9.96. The van der Waals surface area contributed by atoms with Crippen LogP contribution in [0.1, 0.15) is 22.3 Å². The van der Waals surface area contributed by atoms with Crippen LogP contribution in [-0.2, 0) is 50.2 Å². The molecule has 4 rings (SSSR count). The number of carbonyl (C=O) groups excluding carboxylic acids is 1. The van der Waals surface area contributed by atoms with Crippen LogP contribution in [-0.4, -0.2) is 37.2 Å². The molecule has 0 aliphatic rings. The van der Waals surface area contributed by atoms with E-state index in [0.717, 1.165) is 28.5 Å². The van der Waals surface area contributed by atoms with E-state index in [0.29, 0.717) is 6.61 Å². The molecule has 0 aliphatic heterocycles. The highest BCUT2D eigenvalue weighted by Gasteiger charge is 2.37. The first-order valence-corrected chi connectivity index (χ1v) is 13.8. The molecule has 42 heavy (non-hydrogen) atoms. The summed E-state index contributed by atoms with van der Waals surface area (Å²) in [4.78, 5) is 15.6. The van der Waals surface area contributed by atoms with Gasteiger partial charge in [-0.15, -0.1) is 0 Å². The van der Waals surface area contributed by atoms with Gasteiger partial charge in [-0.1, -0.05) is 126 Å². The van der Waals surface area contributed by atoms with Crippen LogP contribution in [0.3, 0.4) is 0 Å². The smallest absolute Gasteiger partial charge is 0.151 e. The molecule has 0 aliphatic carbocycles. The van der Waals surface area contributed by atoms with Crippen LogP contribution in [0.25, 0.3) is 10.4 Å². The van der Waals surface area contributed by atoms with E-state index in [1.54, 1.807) is 0 Å². The summed E-state index contributed by atoms with van der Waals surface area (Å²) in [5.41, 5.74) is 13.3. The molecule has 0 saturated carbocycles. The molecule has 0 radical (unpaired) electrons. The zero-order valence-corrected chi connectivity index (χ0v) is 23.4. The first kappa shape index (κ1) is 30.7. The van der Waals surface area contributed by atoms with Gasteiger partial charge in [0.2, 0.25) is 0 Å². The predicted molar refractivity (Wildman–Crippen MR) is 160 cm³/mol. The van der Waals surface area contributed by atoms with E-state index in [4.69, 9.17) is 18.9 Å². The fraction of sp³-hybridized carbons (Fsp3) is 0.265. The lowest BCUT2D eigenvalue weighted by atomic mass is 10.0. The zero-order chi connectivity index (χ0) is 29.2. The molecule has 0 spiro atoms. The largest absolute Gasteiger partial charge is 0.376 e. The van der Waals surface area contributed by atoms with Gasteiger partial charge in [0.25, 0.3) is 0 Å². The van der Waals surface area contributed by atoms with Gasteiger partial charge in [0.05, 0.1) is 45.2 Å². The van der Waals surface area contributed by atoms with Crippen LogP contribution < -0.4 is 0 Å². The van der Waals surface area contributed by atoms with E-state index in [-0.39, 0.29) is 26.4 Å². The summed E-state index contributed by atoms with van der Waals surface area (Å²) < 4.78 is 24.9. The molecule has 216 valence electrons. The van der Waals surface area contributed by atoms with Gasteiger partial charge < -0.3 is 23.7 Å². The monoisotopic (exact) mass is 565 g/mol. The Morgan fingerprint density at radius 3 is 1.43 bits per heavy atom. The SMILES string of the molecule is [N-]=[N+]=N[C@H](COCc1ccccc1)[C@@H](OCc1ccccc1)[C@H](OCc1ccccc1)[C@H](C=O)OCc1ccccc1. The number of benzene rings is 4. The minimum Gasteiger partial charge on any atom is -0.376 e. The second kappa shape index (κ2) is 17.5. The number of azide groups is 1. The molecule has 4 aromatic carbocycles. The first-order valence-electron chi connectivity index (χ1n) is 13.8. The summed E-state index contributed by atoms with van der Waals surface area (Å²) in [5.74, 6) is 0. The van der Waals surface area contributed by atoms with Crippen molar-refractivity contribution in [3.8, 4) is 0 Å². The average molecular weight is 566 g/mol. The fourth-order valence-corrected chi connectivity index (χ4v) is 4.45. The molecule has 0 fully saturated rings. The molecular formula is C34H35N3O5. The highest BCUT2D eigenvalue weighted by molar-refractivity contribution is 5.57. The summed E-state index contributed by atoms with van der Waals surface area (Å²) >= 11 is 0. The summed E-state index contributed by atoms with van der Waals surface area (Å²) in [6, 6.07) is 37.7. The molecule has 0 N–H and O–H groups in total. The number of hydrogen-bond acceptors (Lipinski definition) is 6. The first-order chi connectivity index (χ1) is 20.8. The highest BCUT2D eigenvalue weighted by atomic mass is 16.6. The standard InChI is InChI=1S/C34H35N3O5/c35-37-36-31(26-39-22-27-13-5-1-6-14-27)33(41-24-29-17-9-3-10-18-29)34(42-25-30-19-11-4-12-20-30)32(21-38)40-23-28-15-7-2-8-16-28/h1-21,31-34H,22-26H2/t31-,32+,33-,34-/m1/s1. The van der Waals surface area contributed by atoms with Crippen molar-refractivity contribution in [1.29, 1.82) is 0 Å². The molecule has 0 unspecified atom stereocenters. The van der Waals surface area contributed by atoms with Gasteiger partial charge in [-0.2, -0.15) is 0 Å². The van der Waals surface area contributed by atoms with E-state index in [2.05, 4.69) is 10.0 Å². The predicted octanol–water partition coefficient (Wildman–Crippen LogP) is 6.84. The van der Waals surface area contributed by atoms with Crippen molar-refractivity contribution in [1.82, 2.24) is 0 Å². The number of nitrogens with zero attached hydrogens (tertiary/aromatic N) is 3. The van der Waals surface area contributed by atoms with Gasteiger partial charge in [-0.25, -0.2) is 0 Å². The summed E-state index contributed by atoms with van der Waals surface area (Å²) in [6.45, 7) is 0.965. The van der Waals surface area contributed by atoms with Crippen LogP contribution in [0.2, 0.25) is 0 Å². The lowest BCUT2D eigenvalue weighted by Crippen LogP contribution is -2.50. The Bertz CT molecular complexity index is 1350. The topological polar surface area (TPSA) is 103 Å². The van der Waals surface area contributed by atoms with Gasteiger partial charge in [0, 0.05) is 4.91 Å². The lowest BCUT2D eigenvalue weighted by Gasteiger charge is -2.34. The Morgan fingerprint density at radius 1 is 0.595 bits per heavy atom. The van der Waals surface area contributed by atoms with E-state index in [1.807, 2.05) is 121 Å². The molecule has 4 atom stereocenters. The van der Waals surface area contributed by atoms with Crippen LogP contribution in [0.15, 0.2) is 126 Å². The molecule has 4 aromatic rings.